The Morgan fingerprint density at radius 2 is 1.85 bits per heavy atom. The van der Waals surface area contributed by atoms with Gasteiger partial charge in [-0.3, -0.25) is 4.79 Å². The molecule has 1 aliphatic heterocycles. The Balaban J connectivity index is 1.89. The molecule has 0 unspecified atom stereocenters. The number of hydrogen-bond donors (Lipinski definition) is 1. The highest BCUT2D eigenvalue weighted by Gasteiger charge is 2.32. The van der Waals surface area contributed by atoms with Gasteiger partial charge in [-0.15, -0.1) is 13.2 Å². The lowest BCUT2D eigenvalue weighted by atomic mass is 10.2. The van der Waals surface area contributed by atoms with E-state index in [-0.39, 0.29) is 23.5 Å². The molecular formula is C15H16F3NO6S. The zero-order valence-electron chi connectivity index (χ0n) is 13.6. The smallest absolute Gasteiger partial charge is 0.449 e. The Hall–Kier alpha value is -2.30. The minimum absolute atomic E-state index is 0.0154. The summed E-state index contributed by atoms with van der Waals surface area (Å²) in [7, 11) is -3.16. The first kappa shape index (κ1) is 20.0. The fourth-order valence-corrected chi connectivity index (χ4v) is 3.98. The maximum Gasteiger partial charge on any atom is 0.573 e. The molecular weight excluding hydrogens is 379 g/mol. The van der Waals surface area contributed by atoms with Crippen molar-refractivity contribution in [1.29, 1.82) is 0 Å². The number of benzene rings is 1. The Kier molecular flexibility index (Phi) is 5.79. The lowest BCUT2D eigenvalue weighted by Gasteiger charge is -2.16. The van der Waals surface area contributed by atoms with Gasteiger partial charge in [-0.25, -0.2) is 13.2 Å². The van der Waals surface area contributed by atoms with Crippen molar-refractivity contribution in [3.05, 3.63) is 29.8 Å². The fraction of sp³-hybridized carbons (Fsp3) is 0.467. The highest BCUT2D eigenvalue weighted by Crippen LogP contribution is 2.23. The van der Waals surface area contributed by atoms with E-state index in [0.29, 0.717) is 0 Å². The van der Waals surface area contributed by atoms with Crippen molar-refractivity contribution in [3.63, 3.8) is 0 Å². The number of nitrogens with one attached hydrogen (secondary N) is 1. The molecule has 2 rings (SSSR count). The van der Waals surface area contributed by atoms with Crippen LogP contribution < -0.4 is 10.1 Å². The van der Waals surface area contributed by atoms with Gasteiger partial charge in [0.15, 0.2) is 15.9 Å². The van der Waals surface area contributed by atoms with Crippen LogP contribution in [0.4, 0.5) is 13.2 Å². The topological polar surface area (TPSA) is 98.8 Å². The van der Waals surface area contributed by atoms with Crippen LogP contribution in [0.25, 0.3) is 0 Å². The van der Waals surface area contributed by atoms with Crippen molar-refractivity contribution < 1.29 is 40.7 Å². The molecule has 26 heavy (non-hydrogen) atoms. The van der Waals surface area contributed by atoms with Gasteiger partial charge in [-0.1, -0.05) is 0 Å². The second-order valence-corrected chi connectivity index (χ2v) is 7.96. The summed E-state index contributed by atoms with van der Waals surface area (Å²) in [6.07, 6.45) is -5.76. The van der Waals surface area contributed by atoms with E-state index in [1.165, 1.54) is 6.92 Å². The number of carbonyl (C=O) groups excluding carboxylic acids is 2. The third-order valence-electron chi connectivity index (χ3n) is 3.56. The molecule has 0 bridgehead atoms. The van der Waals surface area contributed by atoms with Crippen LogP contribution in [0.15, 0.2) is 24.3 Å². The summed E-state index contributed by atoms with van der Waals surface area (Å²) in [4.78, 5) is 23.9. The van der Waals surface area contributed by atoms with E-state index in [1.807, 2.05) is 0 Å². The summed E-state index contributed by atoms with van der Waals surface area (Å²) < 4.78 is 67.6. The van der Waals surface area contributed by atoms with Crippen molar-refractivity contribution in [1.82, 2.24) is 5.32 Å². The summed E-state index contributed by atoms with van der Waals surface area (Å²) in [5.41, 5.74) is -0.0670. The third-order valence-corrected chi connectivity index (χ3v) is 5.32. The minimum Gasteiger partial charge on any atom is -0.449 e. The van der Waals surface area contributed by atoms with Crippen LogP contribution in [0.1, 0.15) is 23.7 Å². The molecule has 1 heterocycles. The number of hydrogen-bond acceptors (Lipinski definition) is 6. The number of ether oxygens (including phenoxy) is 2. The van der Waals surface area contributed by atoms with Crippen molar-refractivity contribution in [2.24, 2.45) is 0 Å². The van der Waals surface area contributed by atoms with Gasteiger partial charge in [-0.05, 0) is 37.6 Å². The molecule has 1 N–H and O–H groups in total. The summed E-state index contributed by atoms with van der Waals surface area (Å²) >= 11 is 0. The molecule has 0 radical (unpaired) electrons. The molecule has 1 saturated heterocycles. The molecule has 1 aromatic rings. The number of sulfone groups is 1. The molecule has 1 fully saturated rings. The molecule has 0 spiro atoms. The fourth-order valence-electron chi connectivity index (χ4n) is 2.30. The molecule has 7 nitrogen and oxygen atoms in total. The zero-order chi connectivity index (χ0) is 19.5. The quantitative estimate of drug-likeness (QED) is 0.758. The largest absolute Gasteiger partial charge is 0.573 e. The van der Waals surface area contributed by atoms with Crippen LogP contribution in [0.5, 0.6) is 5.75 Å². The molecule has 0 saturated carbocycles. The normalized spacial score (nSPS) is 20.2. The van der Waals surface area contributed by atoms with Crippen LogP contribution >= 0.6 is 0 Å². The predicted octanol–water partition coefficient (Wildman–Crippen LogP) is 1.43. The van der Waals surface area contributed by atoms with Crippen LogP contribution in [-0.4, -0.2) is 50.3 Å². The molecule has 144 valence electrons. The van der Waals surface area contributed by atoms with Crippen LogP contribution in [0.3, 0.4) is 0 Å². The molecule has 1 aliphatic rings. The van der Waals surface area contributed by atoms with Crippen molar-refractivity contribution in [2.75, 3.05) is 11.5 Å². The second-order valence-electron chi connectivity index (χ2n) is 5.73. The monoisotopic (exact) mass is 395 g/mol. The van der Waals surface area contributed by atoms with E-state index in [4.69, 9.17) is 4.74 Å². The maximum absolute atomic E-state index is 12.1. The summed E-state index contributed by atoms with van der Waals surface area (Å²) in [5, 5.41) is 2.49. The molecule has 11 heteroatoms. The third kappa shape index (κ3) is 5.90. The number of carbonyl (C=O) groups is 2. The van der Waals surface area contributed by atoms with E-state index in [9.17, 15) is 31.2 Å². The molecule has 1 amide bonds. The van der Waals surface area contributed by atoms with Gasteiger partial charge < -0.3 is 14.8 Å². The maximum atomic E-state index is 12.1. The van der Waals surface area contributed by atoms with E-state index in [1.54, 1.807) is 0 Å². The zero-order valence-corrected chi connectivity index (χ0v) is 14.4. The highest BCUT2D eigenvalue weighted by atomic mass is 32.2. The van der Waals surface area contributed by atoms with Crippen molar-refractivity contribution in [2.45, 2.75) is 31.9 Å². The molecule has 2 atom stereocenters. The lowest BCUT2D eigenvalue weighted by Crippen LogP contribution is -2.42. The Morgan fingerprint density at radius 3 is 2.35 bits per heavy atom. The standard InChI is InChI=1S/C15H16F3NO6S/c1-9(13(20)19-11-6-7-26(22,23)8-11)24-14(21)10-2-4-12(5-3-10)25-15(16,17)18/h2-5,9,11H,6-8H2,1H3,(H,19,20)/t9-,11-/m1/s1. The minimum atomic E-state index is -4.84. The van der Waals surface area contributed by atoms with Gasteiger partial charge in [0.25, 0.3) is 5.91 Å². The molecule has 0 aromatic heterocycles. The van der Waals surface area contributed by atoms with E-state index in [0.717, 1.165) is 24.3 Å². The number of alkyl halides is 3. The first-order valence-electron chi connectivity index (χ1n) is 7.53. The van der Waals surface area contributed by atoms with Crippen molar-refractivity contribution in [3.8, 4) is 5.75 Å². The number of halogens is 3. The van der Waals surface area contributed by atoms with E-state index >= 15 is 0 Å². The first-order chi connectivity index (χ1) is 12.0. The van der Waals surface area contributed by atoms with Crippen LogP contribution in [0, 0.1) is 0 Å². The van der Waals surface area contributed by atoms with Gasteiger partial charge in [0, 0.05) is 6.04 Å². The van der Waals surface area contributed by atoms with E-state index < -0.39 is 46.0 Å². The average Bonchev–Trinajstić information content (AvgIpc) is 2.85. The molecule has 1 aromatic carbocycles. The van der Waals surface area contributed by atoms with Gasteiger partial charge in [0.05, 0.1) is 17.1 Å². The second kappa shape index (κ2) is 7.52. The van der Waals surface area contributed by atoms with Crippen LogP contribution in [0.2, 0.25) is 0 Å². The van der Waals surface area contributed by atoms with Gasteiger partial charge in [-0.2, -0.15) is 0 Å². The summed E-state index contributed by atoms with van der Waals surface area (Å²) in [6.45, 7) is 1.30. The Bertz CT molecular complexity index is 776. The Labute approximate surface area is 147 Å². The lowest BCUT2D eigenvalue weighted by molar-refractivity contribution is -0.274. The average molecular weight is 395 g/mol. The van der Waals surface area contributed by atoms with Gasteiger partial charge in [0.1, 0.15) is 5.75 Å². The van der Waals surface area contributed by atoms with Crippen molar-refractivity contribution >= 4 is 21.7 Å². The van der Waals surface area contributed by atoms with Gasteiger partial charge >= 0.3 is 12.3 Å². The first-order valence-corrected chi connectivity index (χ1v) is 9.35. The highest BCUT2D eigenvalue weighted by molar-refractivity contribution is 7.91. The number of amides is 1. The predicted molar refractivity (Wildman–Crippen MR) is 83.2 cm³/mol. The number of rotatable bonds is 5. The van der Waals surface area contributed by atoms with Gasteiger partial charge in [0.2, 0.25) is 0 Å². The van der Waals surface area contributed by atoms with E-state index in [2.05, 4.69) is 10.1 Å². The summed E-state index contributed by atoms with van der Waals surface area (Å²) in [5.74, 6) is -2.25. The SMILES string of the molecule is C[C@@H](OC(=O)c1ccc(OC(F)(F)F)cc1)C(=O)N[C@@H]1CCS(=O)(=O)C1. The Morgan fingerprint density at radius 1 is 1.23 bits per heavy atom. The van der Waals surface area contributed by atoms with Crippen LogP contribution in [-0.2, 0) is 19.4 Å². The summed E-state index contributed by atoms with van der Waals surface area (Å²) in [6, 6.07) is 3.48. The molecule has 0 aliphatic carbocycles. The number of esters is 1.